The highest BCUT2D eigenvalue weighted by Gasteiger charge is 2.36. The molecule has 2 heterocycles. The smallest absolute Gasteiger partial charge is 0.469 e. The van der Waals surface area contributed by atoms with E-state index in [9.17, 15) is 23.2 Å². The highest BCUT2D eigenvalue weighted by atomic mass is 19.4. The summed E-state index contributed by atoms with van der Waals surface area (Å²) in [7, 11) is 1.22. The first-order chi connectivity index (χ1) is 13.2. The molecule has 1 atom stereocenters. The topological polar surface area (TPSA) is 123 Å². The van der Waals surface area contributed by atoms with E-state index in [-0.39, 0.29) is 23.8 Å². The van der Waals surface area contributed by atoms with E-state index in [0.29, 0.717) is 16.8 Å². The molecule has 11 heteroatoms. The van der Waals surface area contributed by atoms with Crippen molar-refractivity contribution in [1.29, 1.82) is 5.26 Å². The van der Waals surface area contributed by atoms with Crippen LogP contribution in [0.3, 0.4) is 0 Å². The van der Waals surface area contributed by atoms with E-state index in [4.69, 9.17) is 10.5 Å². The number of nitrogens with two attached hydrogens (primary N) is 1. The Morgan fingerprint density at radius 1 is 1.39 bits per heavy atom. The standard InChI is InChI=1S/C17H13F3N4O4/c1-26-12(25)6-11-14-13(10(7-21)15(22)27-16(14)24-23-11)8-2-4-9(5-3-8)28-17(18,19)20/h2-5,13H,6,22H2,1H3,(H,23,24). The monoisotopic (exact) mass is 394 g/mol. The van der Waals surface area contributed by atoms with Crippen molar-refractivity contribution >= 4 is 5.97 Å². The van der Waals surface area contributed by atoms with Gasteiger partial charge in [-0.25, -0.2) is 0 Å². The second-order valence-electron chi connectivity index (χ2n) is 5.72. The second kappa shape index (κ2) is 7.15. The van der Waals surface area contributed by atoms with Crippen molar-refractivity contribution in [2.45, 2.75) is 18.7 Å². The van der Waals surface area contributed by atoms with Crippen LogP contribution in [0.4, 0.5) is 13.2 Å². The lowest BCUT2D eigenvalue weighted by atomic mass is 9.83. The Balaban J connectivity index is 2.05. The summed E-state index contributed by atoms with van der Waals surface area (Å²) in [5, 5.41) is 16.1. The first kappa shape index (κ1) is 19.1. The summed E-state index contributed by atoms with van der Waals surface area (Å²) in [5.74, 6) is -1.89. The zero-order chi connectivity index (χ0) is 20.5. The van der Waals surface area contributed by atoms with E-state index in [0.717, 1.165) is 12.1 Å². The first-order valence-electron chi connectivity index (χ1n) is 7.80. The zero-order valence-electron chi connectivity index (χ0n) is 14.3. The van der Waals surface area contributed by atoms with Gasteiger partial charge in [-0.1, -0.05) is 12.1 Å². The van der Waals surface area contributed by atoms with Crippen molar-refractivity contribution in [3.8, 4) is 17.7 Å². The minimum absolute atomic E-state index is 0.0319. The van der Waals surface area contributed by atoms with E-state index in [1.165, 1.54) is 19.2 Å². The fourth-order valence-electron chi connectivity index (χ4n) is 2.86. The summed E-state index contributed by atoms with van der Waals surface area (Å²) >= 11 is 0. The number of rotatable bonds is 4. The van der Waals surface area contributed by atoms with Crippen LogP contribution in [0.15, 0.2) is 35.7 Å². The number of benzene rings is 1. The third-order valence-corrected chi connectivity index (χ3v) is 4.01. The molecule has 1 aliphatic rings. The van der Waals surface area contributed by atoms with Gasteiger partial charge in [0.2, 0.25) is 11.8 Å². The van der Waals surface area contributed by atoms with Crippen molar-refractivity contribution in [2.24, 2.45) is 5.73 Å². The largest absolute Gasteiger partial charge is 0.573 e. The number of nitrogens with one attached hydrogen (secondary N) is 1. The lowest BCUT2D eigenvalue weighted by Gasteiger charge is -2.24. The Morgan fingerprint density at radius 2 is 2.07 bits per heavy atom. The third kappa shape index (κ3) is 3.71. The number of aromatic amines is 1. The van der Waals surface area contributed by atoms with Crippen LogP contribution in [0.2, 0.25) is 0 Å². The maximum atomic E-state index is 12.4. The van der Waals surface area contributed by atoms with Gasteiger partial charge in [-0.3, -0.25) is 9.89 Å². The molecule has 0 radical (unpaired) electrons. The first-order valence-corrected chi connectivity index (χ1v) is 7.80. The molecule has 0 fully saturated rings. The van der Waals surface area contributed by atoms with Gasteiger partial charge in [0.05, 0.1) is 30.7 Å². The number of esters is 1. The Hall–Kier alpha value is -3.68. The predicted octanol–water partition coefficient (Wildman–Crippen LogP) is 2.24. The molecule has 0 amide bonds. The Kier molecular flexibility index (Phi) is 4.87. The second-order valence-corrected chi connectivity index (χ2v) is 5.72. The lowest BCUT2D eigenvalue weighted by Crippen LogP contribution is -2.22. The van der Waals surface area contributed by atoms with Crippen molar-refractivity contribution in [3.63, 3.8) is 0 Å². The summed E-state index contributed by atoms with van der Waals surface area (Å²) < 4.78 is 50.9. The van der Waals surface area contributed by atoms with Gasteiger partial charge in [-0.2, -0.15) is 5.26 Å². The highest BCUT2D eigenvalue weighted by Crippen LogP contribution is 2.43. The zero-order valence-corrected chi connectivity index (χ0v) is 14.3. The van der Waals surface area contributed by atoms with E-state index in [1.807, 2.05) is 6.07 Å². The summed E-state index contributed by atoms with van der Waals surface area (Å²) in [6, 6.07) is 6.89. The number of allylic oxidation sites excluding steroid dienone is 1. The maximum absolute atomic E-state index is 12.4. The molecule has 146 valence electrons. The van der Waals surface area contributed by atoms with Gasteiger partial charge in [0.15, 0.2) is 0 Å². The van der Waals surface area contributed by atoms with E-state index >= 15 is 0 Å². The number of halogens is 3. The van der Waals surface area contributed by atoms with Crippen LogP contribution in [0, 0.1) is 11.3 Å². The molecule has 0 spiro atoms. The average Bonchev–Trinajstić information content (AvgIpc) is 3.02. The van der Waals surface area contributed by atoms with Crippen LogP contribution in [-0.4, -0.2) is 29.6 Å². The molecule has 0 saturated heterocycles. The molecule has 1 aromatic heterocycles. The number of carbonyl (C=O) groups is 1. The van der Waals surface area contributed by atoms with Gasteiger partial charge < -0.3 is 19.9 Å². The van der Waals surface area contributed by atoms with Crippen LogP contribution >= 0.6 is 0 Å². The van der Waals surface area contributed by atoms with Gasteiger partial charge in [-0.15, -0.1) is 18.3 Å². The summed E-state index contributed by atoms with van der Waals surface area (Å²) in [4.78, 5) is 11.7. The molecule has 0 saturated carbocycles. The summed E-state index contributed by atoms with van der Waals surface area (Å²) in [6.07, 6.45) is -5.00. The third-order valence-electron chi connectivity index (χ3n) is 4.01. The number of alkyl halides is 3. The van der Waals surface area contributed by atoms with Crippen molar-refractivity contribution < 1.29 is 32.2 Å². The van der Waals surface area contributed by atoms with E-state index in [1.54, 1.807) is 0 Å². The quantitative estimate of drug-likeness (QED) is 0.762. The van der Waals surface area contributed by atoms with Gasteiger partial charge in [0.25, 0.3) is 0 Å². The Labute approximate surface area is 156 Å². The van der Waals surface area contributed by atoms with Crippen molar-refractivity contribution in [1.82, 2.24) is 10.2 Å². The Morgan fingerprint density at radius 3 is 2.64 bits per heavy atom. The fraction of sp³-hybridized carbons (Fsp3) is 0.235. The van der Waals surface area contributed by atoms with Crippen molar-refractivity contribution in [2.75, 3.05) is 7.11 Å². The normalized spacial score (nSPS) is 16.0. The fourth-order valence-corrected chi connectivity index (χ4v) is 2.86. The number of nitrogens with zero attached hydrogens (tertiary/aromatic N) is 2. The lowest BCUT2D eigenvalue weighted by molar-refractivity contribution is -0.274. The van der Waals surface area contributed by atoms with Crippen molar-refractivity contribution in [3.05, 3.63) is 52.5 Å². The molecule has 2 aromatic rings. The van der Waals surface area contributed by atoms with Crippen LogP contribution in [-0.2, 0) is 16.0 Å². The number of carbonyl (C=O) groups excluding carboxylic acids is 1. The van der Waals surface area contributed by atoms with Gasteiger partial charge in [0, 0.05) is 0 Å². The van der Waals surface area contributed by atoms with Gasteiger partial charge in [0.1, 0.15) is 17.4 Å². The SMILES string of the molecule is COC(=O)Cc1[nH]nc2c1C(c1ccc(OC(F)(F)F)cc1)C(C#N)=C(N)O2. The number of aromatic nitrogens is 2. The molecule has 3 rings (SSSR count). The Bertz CT molecular complexity index is 974. The van der Waals surface area contributed by atoms with Gasteiger partial charge in [-0.05, 0) is 17.7 Å². The molecule has 1 unspecified atom stereocenters. The minimum Gasteiger partial charge on any atom is -0.469 e. The number of ether oxygens (including phenoxy) is 3. The number of fused-ring (bicyclic) bond motifs is 1. The highest BCUT2D eigenvalue weighted by molar-refractivity contribution is 5.73. The molecular formula is C17H13F3N4O4. The molecule has 0 aliphatic carbocycles. The number of methoxy groups -OCH3 is 1. The van der Waals surface area contributed by atoms with Crippen LogP contribution in [0.5, 0.6) is 11.6 Å². The molecule has 3 N–H and O–H groups in total. The van der Waals surface area contributed by atoms with Crippen LogP contribution < -0.4 is 15.2 Å². The molecule has 8 nitrogen and oxygen atoms in total. The molecule has 1 aromatic carbocycles. The number of hydrogen-bond donors (Lipinski definition) is 2. The van der Waals surface area contributed by atoms with E-state index in [2.05, 4.69) is 19.7 Å². The van der Waals surface area contributed by atoms with Crippen LogP contribution in [0.1, 0.15) is 22.7 Å². The van der Waals surface area contributed by atoms with Crippen LogP contribution in [0.25, 0.3) is 0 Å². The predicted molar refractivity (Wildman–Crippen MR) is 86.7 cm³/mol. The number of nitriles is 1. The molecular weight excluding hydrogens is 381 g/mol. The van der Waals surface area contributed by atoms with E-state index < -0.39 is 24.0 Å². The number of hydrogen-bond acceptors (Lipinski definition) is 7. The molecule has 1 aliphatic heterocycles. The summed E-state index contributed by atoms with van der Waals surface area (Å²) in [5.41, 5.74) is 6.98. The average molecular weight is 394 g/mol. The van der Waals surface area contributed by atoms with Gasteiger partial charge >= 0.3 is 12.3 Å². The summed E-state index contributed by atoms with van der Waals surface area (Å²) in [6.45, 7) is 0. The minimum atomic E-state index is -4.83. The number of H-pyrrole nitrogens is 1. The molecule has 28 heavy (non-hydrogen) atoms. The maximum Gasteiger partial charge on any atom is 0.573 e. The molecule has 0 bridgehead atoms.